The summed E-state index contributed by atoms with van der Waals surface area (Å²) in [6.45, 7) is 3.74. The van der Waals surface area contributed by atoms with E-state index in [0.29, 0.717) is 5.16 Å². The Bertz CT molecular complexity index is 831. The van der Waals surface area contributed by atoms with Crippen LogP contribution in [0.2, 0.25) is 0 Å². The number of hydrogen-bond acceptors (Lipinski definition) is 4. The molecule has 115 valence electrons. The molecule has 0 aliphatic rings. The van der Waals surface area contributed by atoms with Crippen LogP contribution in [-0.4, -0.2) is 15.9 Å². The van der Waals surface area contributed by atoms with E-state index >= 15 is 0 Å². The average Bonchev–Trinajstić information content (AvgIpc) is 2.56. The maximum atomic E-state index is 11.7. The number of anilines is 1. The average molecular weight is 322 g/mol. The quantitative estimate of drug-likeness (QED) is 0.732. The van der Waals surface area contributed by atoms with Crippen LogP contribution in [0.4, 0.5) is 5.69 Å². The molecule has 0 atom stereocenters. The van der Waals surface area contributed by atoms with E-state index in [9.17, 15) is 4.79 Å². The zero-order chi connectivity index (χ0) is 16.2. The van der Waals surface area contributed by atoms with Crippen molar-refractivity contribution in [2.75, 3.05) is 5.32 Å². The molecule has 3 aromatic rings. The number of amides is 1. The van der Waals surface area contributed by atoms with E-state index in [1.54, 1.807) is 0 Å². The number of rotatable bonds is 4. The van der Waals surface area contributed by atoms with Gasteiger partial charge in [-0.2, -0.15) is 0 Å². The van der Waals surface area contributed by atoms with Crippen molar-refractivity contribution < 1.29 is 4.79 Å². The minimum absolute atomic E-state index is 0.0119. The first-order chi connectivity index (χ1) is 11.1. The summed E-state index contributed by atoms with van der Waals surface area (Å²) >= 11 is 1.47. The summed E-state index contributed by atoms with van der Waals surface area (Å²) in [5.74, 6) is -0.0246. The third-order valence-corrected chi connectivity index (χ3v) is 4.12. The highest BCUT2D eigenvalue weighted by molar-refractivity contribution is 7.99. The second-order valence-corrected chi connectivity index (χ2v) is 6.45. The van der Waals surface area contributed by atoms with Crippen molar-refractivity contribution in [3.8, 4) is 0 Å². The predicted octanol–water partition coefficient (Wildman–Crippen LogP) is 4.18. The van der Waals surface area contributed by atoms with Gasteiger partial charge in [0.25, 0.3) is 0 Å². The molecule has 4 nitrogen and oxygen atoms in total. The summed E-state index contributed by atoms with van der Waals surface area (Å²) in [7, 11) is 0. The molecule has 3 rings (SSSR count). The van der Waals surface area contributed by atoms with E-state index in [1.165, 1.54) is 11.8 Å². The Kier molecular flexibility index (Phi) is 4.57. The summed E-state index contributed by atoms with van der Waals surface area (Å²) < 4.78 is 0. The lowest BCUT2D eigenvalue weighted by molar-refractivity contribution is -0.118. The number of benzene rings is 2. The fourth-order valence-corrected chi connectivity index (χ4v) is 2.66. The van der Waals surface area contributed by atoms with Crippen LogP contribution in [0.1, 0.15) is 13.8 Å². The molecule has 0 spiro atoms. The number of para-hydroxylation sites is 1. The summed E-state index contributed by atoms with van der Waals surface area (Å²) in [6, 6.07) is 15.4. The van der Waals surface area contributed by atoms with E-state index in [1.807, 2.05) is 62.4 Å². The predicted molar refractivity (Wildman–Crippen MR) is 92.4 cm³/mol. The number of carbonyl (C=O) groups excluding carboxylic acids is 1. The normalized spacial score (nSPS) is 10.9. The summed E-state index contributed by atoms with van der Waals surface area (Å²) in [6.07, 6.45) is 3.00. The van der Waals surface area contributed by atoms with Gasteiger partial charge in [0.1, 0.15) is 6.20 Å². The molecule has 0 saturated carbocycles. The van der Waals surface area contributed by atoms with E-state index in [2.05, 4.69) is 21.5 Å². The van der Waals surface area contributed by atoms with Crippen molar-refractivity contribution in [1.29, 1.82) is 0 Å². The summed E-state index contributed by atoms with van der Waals surface area (Å²) in [4.78, 5) is 21.5. The van der Waals surface area contributed by atoms with Crippen LogP contribution in [0.5, 0.6) is 0 Å². The first-order valence-electron chi connectivity index (χ1n) is 7.35. The zero-order valence-electron chi connectivity index (χ0n) is 12.9. The van der Waals surface area contributed by atoms with Crippen molar-refractivity contribution >= 4 is 34.3 Å². The molecular weight excluding hydrogens is 306 g/mol. The Morgan fingerprint density at radius 2 is 1.87 bits per heavy atom. The van der Waals surface area contributed by atoms with Crippen molar-refractivity contribution in [2.24, 2.45) is 5.92 Å². The van der Waals surface area contributed by atoms with Crippen LogP contribution in [0, 0.1) is 12.1 Å². The first-order valence-corrected chi connectivity index (χ1v) is 8.17. The molecule has 0 aliphatic heterocycles. The molecule has 0 saturated heterocycles. The van der Waals surface area contributed by atoms with Crippen molar-refractivity contribution in [3.63, 3.8) is 0 Å². The highest BCUT2D eigenvalue weighted by Crippen LogP contribution is 2.26. The largest absolute Gasteiger partial charge is 0.326 e. The second kappa shape index (κ2) is 6.79. The first kappa shape index (κ1) is 15.5. The monoisotopic (exact) mass is 322 g/mol. The van der Waals surface area contributed by atoms with Gasteiger partial charge in [0, 0.05) is 21.9 Å². The maximum Gasteiger partial charge on any atom is 0.226 e. The zero-order valence-corrected chi connectivity index (χ0v) is 13.7. The van der Waals surface area contributed by atoms with E-state index < -0.39 is 0 Å². The Hall–Kier alpha value is -2.40. The van der Waals surface area contributed by atoms with E-state index in [-0.39, 0.29) is 11.8 Å². The van der Waals surface area contributed by atoms with Crippen molar-refractivity contribution in [1.82, 2.24) is 9.97 Å². The number of fused-ring (bicyclic) bond motifs is 1. The van der Waals surface area contributed by atoms with Crippen LogP contribution in [0.25, 0.3) is 10.9 Å². The van der Waals surface area contributed by atoms with Gasteiger partial charge in [0.15, 0.2) is 5.16 Å². The lowest BCUT2D eigenvalue weighted by Crippen LogP contribution is -2.17. The molecule has 1 aromatic heterocycles. The number of nitrogens with zero attached hydrogens (tertiary/aromatic N) is 2. The summed E-state index contributed by atoms with van der Waals surface area (Å²) in [5, 5.41) is 4.43. The van der Waals surface area contributed by atoms with Gasteiger partial charge in [-0.3, -0.25) is 4.79 Å². The molecule has 0 unspecified atom stereocenters. The Labute approximate surface area is 139 Å². The summed E-state index contributed by atoms with van der Waals surface area (Å²) in [5.41, 5.74) is 1.67. The third-order valence-electron chi connectivity index (χ3n) is 3.25. The van der Waals surface area contributed by atoms with Gasteiger partial charge in [-0.1, -0.05) is 32.0 Å². The Morgan fingerprint density at radius 1 is 1.13 bits per heavy atom. The number of aromatic nitrogens is 2. The minimum atomic E-state index is -0.0365. The Morgan fingerprint density at radius 3 is 2.61 bits per heavy atom. The molecule has 1 radical (unpaired) electrons. The number of nitrogens with one attached hydrogen (secondary N) is 1. The molecular formula is C18H16N3OS. The standard InChI is InChI=1S/C18H16N3OS/c1-12(2)17(22)20-14-7-9-15(10-8-14)23-18-19-11-13-5-3-4-6-16(13)21-18/h3-10,12H,1-2H3,(H,20,22). The van der Waals surface area contributed by atoms with Gasteiger partial charge in [-0.05, 0) is 42.1 Å². The Balaban J connectivity index is 1.73. The number of hydrogen-bond donors (Lipinski definition) is 1. The van der Waals surface area contributed by atoms with Gasteiger partial charge in [-0.15, -0.1) is 0 Å². The van der Waals surface area contributed by atoms with Gasteiger partial charge in [0.2, 0.25) is 5.91 Å². The van der Waals surface area contributed by atoms with Crippen LogP contribution in [0.3, 0.4) is 0 Å². The van der Waals surface area contributed by atoms with Crippen LogP contribution in [0.15, 0.2) is 58.6 Å². The molecule has 1 N–H and O–H groups in total. The highest BCUT2D eigenvalue weighted by Gasteiger charge is 2.07. The maximum absolute atomic E-state index is 11.7. The molecule has 0 fully saturated rings. The topological polar surface area (TPSA) is 54.9 Å². The fourth-order valence-electron chi connectivity index (χ4n) is 1.95. The van der Waals surface area contributed by atoms with Gasteiger partial charge >= 0.3 is 0 Å². The lowest BCUT2D eigenvalue weighted by Gasteiger charge is -2.08. The molecule has 5 heteroatoms. The minimum Gasteiger partial charge on any atom is -0.326 e. The van der Waals surface area contributed by atoms with Crippen LogP contribution in [-0.2, 0) is 4.79 Å². The molecule has 0 bridgehead atoms. The molecule has 0 aliphatic carbocycles. The molecule has 1 amide bonds. The van der Waals surface area contributed by atoms with E-state index in [4.69, 9.17) is 0 Å². The highest BCUT2D eigenvalue weighted by atomic mass is 32.2. The lowest BCUT2D eigenvalue weighted by atomic mass is 10.2. The second-order valence-electron chi connectivity index (χ2n) is 5.41. The molecule has 2 aromatic carbocycles. The van der Waals surface area contributed by atoms with Crippen molar-refractivity contribution in [3.05, 3.63) is 54.7 Å². The van der Waals surface area contributed by atoms with Crippen LogP contribution >= 0.6 is 11.8 Å². The van der Waals surface area contributed by atoms with Crippen LogP contribution < -0.4 is 5.32 Å². The third kappa shape index (κ3) is 3.87. The van der Waals surface area contributed by atoms with Crippen molar-refractivity contribution in [2.45, 2.75) is 23.9 Å². The smallest absolute Gasteiger partial charge is 0.226 e. The molecule has 1 heterocycles. The van der Waals surface area contributed by atoms with Gasteiger partial charge < -0.3 is 5.32 Å². The molecule has 23 heavy (non-hydrogen) atoms. The van der Waals surface area contributed by atoms with Gasteiger partial charge in [0.05, 0.1) is 5.52 Å². The number of carbonyl (C=O) groups is 1. The SMILES string of the molecule is CC(C)C(=O)Nc1ccc(Sc2n[c]c3ccccc3n2)cc1. The fraction of sp³-hybridized carbons (Fsp3) is 0.167. The van der Waals surface area contributed by atoms with Gasteiger partial charge in [-0.25, -0.2) is 9.97 Å². The van der Waals surface area contributed by atoms with E-state index in [0.717, 1.165) is 21.5 Å².